The summed E-state index contributed by atoms with van der Waals surface area (Å²) in [6, 6.07) is 5.82. The summed E-state index contributed by atoms with van der Waals surface area (Å²) in [4.78, 5) is 28.5. The van der Waals surface area contributed by atoms with E-state index in [4.69, 9.17) is 27.9 Å². The lowest BCUT2D eigenvalue weighted by Gasteiger charge is -2.44. The van der Waals surface area contributed by atoms with Crippen LogP contribution in [0.25, 0.3) is 11.1 Å². The number of anilines is 3. The van der Waals surface area contributed by atoms with E-state index in [2.05, 4.69) is 46.0 Å². The third kappa shape index (κ3) is 5.85. The monoisotopic (exact) mass is 590 g/mol. The summed E-state index contributed by atoms with van der Waals surface area (Å²) in [5.41, 5.74) is 1.69. The van der Waals surface area contributed by atoms with E-state index in [1.54, 1.807) is 18.5 Å². The lowest BCUT2D eigenvalue weighted by Crippen LogP contribution is -2.55. The second-order valence-corrected chi connectivity index (χ2v) is 11.0. The molecular formula is C28H30Cl2F2N6O2. The number of piperazine rings is 1. The van der Waals surface area contributed by atoms with Crippen LogP contribution in [0.15, 0.2) is 36.7 Å². The lowest BCUT2D eigenvalue weighted by atomic mass is 10.0. The molecule has 212 valence electrons. The summed E-state index contributed by atoms with van der Waals surface area (Å²) in [6.45, 7) is 8.01. The van der Waals surface area contributed by atoms with Gasteiger partial charge in [-0.25, -0.2) is 18.7 Å². The molecule has 8 nitrogen and oxygen atoms in total. The zero-order chi connectivity index (χ0) is 28.6. The molecule has 2 saturated heterocycles. The SMILES string of the molecule is CC1CN(c2cc(F)c(-c3cnc(N4CCOCC4)nc3)cc2NC(=O)c2cc(Cl)c(F)c(Cl)c2)CC(C)N1C. The Hall–Kier alpha value is -3.05. The number of likely N-dealkylation sites (N-methyl/N-ethyl adjacent to an activating group) is 1. The lowest BCUT2D eigenvalue weighted by molar-refractivity contribution is 0.102. The van der Waals surface area contributed by atoms with Crippen LogP contribution in [0, 0.1) is 11.6 Å². The van der Waals surface area contributed by atoms with E-state index >= 15 is 4.39 Å². The summed E-state index contributed by atoms with van der Waals surface area (Å²) in [5.74, 6) is -1.28. The van der Waals surface area contributed by atoms with Gasteiger partial charge in [-0.2, -0.15) is 0 Å². The Labute approximate surface area is 241 Å². The molecule has 2 atom stereocenters. The molecule has 2 aromatic carbocycles. The smallest absolute Gasteiger partial charge is 0.255 e. The molecule has 0 aliphatic carbocycles. The van der Waals surface area contributed by atoms with E-state index < -0.39 is 17.5 Å². The van der Waals surface area contributed by atoms with Gasteiger partial charge in [0.1, 0.15) is 5.82 Å². The number of hydrogen-bond acceptors (Lipinski definition) is 7. The first-order valence-electron chi connectivity index (χ1n) is 13.0. The summed E-state index contributed by atoms with van der Waals surface area (Å²) in [6.07, 6.45) is 3.14. The van der Waals surface area contributed by atoms with Gasteiger partial charge in [0, 0.05) is 67.3 Å². The van der Waals surface area contributed by atoms with Gasteiger partial charge in [-0.3, -0.25) is 9.69 Å². The Morgan fingerprint density at radius 1 is 0.975 bits per heavy atom. The van der Waals surface area contributed by atoms with Crippen LogP contribution in [-0.4, -0.2) is 79.3 Å². The second kappa shape index (κ2) is 11.8. The summed E-state index contributed by atoms with van der Waals surface area (Å²) < 4.78 is 35.1. The van der Waals surface area contributed by atoms with Crippen LogP contribution in [0.4, 0.5) is 26.1 Å². The van der Waals surface area contributed by atoms with E-state index in [1.165, 1.54) is 18.2 Å². The molecule has 2 fully saturated rings. The predicted octanol–water partition coefficient (Wildman–Crippen LogP) is 5.35. The number of rotatable bonds is 5. The molecule has 12 heteroatoms. The minimum absolute atomic E-state index is 0.0755. The molecule has 2 aliphatic rings. The molecule has 0 bridgehead atoms. The van der Waals surface area contributed by atoms with Crippen LogP contribution in [0.1, 0.15) is 24.2 Å². The number of amides is 1. The fraction of sp³-hybridized carbons (Fsp3) is 0.393. The van der Waals surface area contributed by atoms with Gasteiger partial charge in [0.25, 0.3) is 5.91 Å². The predicted molar refractivity (Wildman–Crippen MR) is 154 cm³/mol. The molecule has 2 aliphatic heterocycles. The minimum atomic E-state index is -0.800. The minimum Gasteiger partial charge on any atom is -0.378 e. The topological polar surface area (TPSA) is 73.8 Å². The van der Waals surface area contributed by atoms with E-state index in [-0.39, 0.29) is 33.3 Å². The molecule has 0 spiro atoms. The van der Waals surface area contributed by atoms with E-state index in [0.29, 0.717) is 62.3 Å². The number of carbonyl (C=O) groups is 1. The molecule has 2 unspecified atom stereocenters. The van der Waals surface area contributed by atoms with Gasteiger partial charge in [0.05, 0.1) is 34.6 Å². The Morgan fingerprint density at radius 2 is 1.57 bits per heavy atom. The van der Waals surface area contributed by atoms with Crippen molar-refractivity contribution in [1.82, 2.24) is 14.9 Å². The zero-order valence-corrected chi connectivity index (χ0v) is 23.9. The summed E-state index contributed by atoms with van der Waals surface area (Å²) >= 11 is 11.9. The van der Waals surface area contributed by atoms with Crippen molar-refractivity contribution in [3.8, 4) is 11.1 Å². The molecule has 5 rings (SSSR count). The maximum atomic E-state index is 15.7. The molecule has 0 saturated carbocycles. The fourth-order valence-corrected chi connectivity index (χ4v) is 5.50. The Balaban J connectivity index is 1.52. The van der Waals surface area contributed by atoms with Gasteiger partial charge in [0.15, 0.2) is 5.82 Å². The highest BCUT2D eigenvalue weighted by Gasteiger charge is 2.29. The van der Waals surface area contributed by atoms with Crippen molar-refractivity contribution in [3.63, 3.8) is 0 Å². The third-order valence-corrected chi connectivity index (χ3v) is 8.07. The molecule has 0 radical (unpaired) electrons. The first-order chi connectivity index (χ1) is 19.1. The maximum absolute atomic E-state index is 15.7. The Kier molecular flexibility index (Phi) is 8.42. The van der Waals surface area contributed by atoms with Crippen LogP contribution < -0.4 is 15.1 Å². The van der Waals surface area contributed by atoms with Crippen molar-refractivity contribution < 1.29 is 18.3 Å². The van der Waals surface area contributed by atoms with E-state index in [9.17, 15) is 9.18 Å². The van der Waals surface area contributed by atoms with Gasteiger partial charge in [-0.05, 0) is 45.2 Å². The summed E-state index contributed by atoms with van der Waals surface area (Å²) in [5, 5.41) is 2.34. The van der Waals surface area contributed by atoms with Crippen LogP contribution >= 0.6 is 23.2 Å². The van der Waals surface area contributed by atoms with Crippen molar-refractivity contribution in [1.29, 1.82) is 0 Å². The van der Waals surface area contributed by atoms with Gasteiger partial charge >= 0.3 is 0 Å². The number of benzene rings is 2. The molecule has 3 heterocycles. The number of aromatic nitrogens is 2. The number of hydrogen-bond donors (Lipinski definition) is 1. The van der Waals surface area contributed by atoms with Crippen molar-refractivity contribution in [2.24, 2.45) is 0 Å². The highest BCUT2D eigenvalue weighted by molar-refractivity contribution is 6.35. The van der Waals surface area contributed by atoms with Crippen LogP contribution in [0.2, 0.25) is 10.0 Å². The zero-order valence-electron chi connectivity index (χ0n) is 22.4. The number of nitrogens with one attached hydrogen (secondary N) is 1. The number of morpholine rings is 1. The number of halogens is 4. The summed E-state index contributed by atoms with van der Waals surface area (Å²) in [7, 11) is 2.06. The molecular weight excluding hydrogens is 561 g/mol. The molecule has 1 N–H and O–H groups in total. The average molecular weight is 591 g/mol. The quantitative estimate of drug-likeness (QED) is 0.402. The number of carbonyl (C=O) groups excluding carboxylic acids is 1. The van der Waals surface area contributed by atoms with Gasteiger partial charge in [0.2, 0.25) is 5.95 Å². The highest BCUT2D eigenvalue weighted by Crippen LogP contribution is 2.36. The van der Waals surface area contributed by atoms with Crippen LogP contribution in [0.5, 0.6) is 0 Å². The van der Waals surface area contributed by atoms with E-state index in [0.717, 1.165) is 0 Å². The Morgan fingerprint density at radius 3 is 2.17 bits per heavy atom. The highest BCUT2D eigenvalue weighted by atomic mass is 35.5. The van der Waals surface area contributed by atoms with Gasteiger partial charge in [-0.15, -0.1) is 0 Å². The van der Waals surface area contributed by atoms with Crippen LogP contribution in [-0.2, 0) is 4.74 Å². The van der Waals surface area contributed by atoms with E-state index in [1.807, 2.05) is 4.90 Å². The number of ether oxygens (including phenoxy) is 1. The third-order valence-electron chi connectivity index (χ3n) is 7.52. The molecule has 1 amide bonds. The van der Waals surface area contributed by atoms with Gasteiger partial charge in [-0.1, -0.05) is 23.2 Å². The van der Waals surface area contributed by atoms with Crippen molar-refractivity contribution >= 4 is 46.4 Å². The Bertz CT molecular complexity index is 1370. The average Bonchev–Trinajstić information content (AvgIpc) is 2.95. The molecule has 1 aromatic heterocycles. The van der Waals surface area contributed by atoms with Crippen LogP contribution in [0.3, 0.4) is 0 Å². The fourth-order valence-electron chi connectivity index (χ4n) is 5.01. The number of nitrogens with zero attached hydrogens (tertiary/aromatic N) is 5. The van der Waals surface area contributed by atoms with Gasteiger partial charge < -0.3 is 19.9 Å². The maximum Gasteiger partial charge on any atom is 0.255 e. The standard InChI is InChI=1S/C28H30Cl2F2N6O2/c1-16-14-38(15-17(2)36(16)3)25-11-23(31)20(19-12-33-28(34-13-19)37-4-6-40-7-5-37)10-24(25)35-27(39)18-8-21(29)26(32)22(30)9-18/h8-13,16-17H,4-7,14-15H2,1-3H3,(H,35,39). The van der Waals surface area contributed by atoms with Crippen molar-refractivity contribution in [2.45, 2.75) is 25.9 Å². The normalized spacial score (nSPS) is 20.1. The molecule has 3 aromatic rings. The van der Waals surface area contributed by atoms with Crippen molar-refractivity contribution in [3.05, 3.63) is 63.9 Å². The first kappa shape index (κ1) is 28.5. The largest absolute Gasteiger partial charge is 0.378 e. The first-order valence-corrected chi connectivity index (χ1v) is 13.8. The molecule has 40 heavy (non-hydrogen) atoms. The second-order valence-electron chi connectivity index (χ2n) is 10.2. The van der Waals surface area contributed by atoms with Crippen molar-refractivity contribution in [2.75, 3.05) is 61.6 Å².